The highest BCUT2D eigenvalue weighted by Gasteiger charge is 2.27. The van der Waals surface area contributed by atoms with Crippen LogP contribution in [0.2, 0.25) is 0 Å². The molecule has 0 saturated heterocycles. The smallest absolute Gasteiger partial charge is 0.220 e. The van der Waals surface area contributed by atoms with Crippen molar-refractivity contribution in [2.75, 3.05) is 4.43 Å². The number of aryl methyl sites for hydroxylation is 1. The summed E-state index contributed by atoms with van der Waals surface area (Å²) in [6, 6.07) is 8.12. The van der Waals surface area contributed by atoms with E-state index in [9.17, 15) is 5.11 Å². The van der Waals surface area contributed by atoms with Gasteiger partial charge in [-0.1, -0.05) is 34.7 Å². The number of alkyl halides is 1. The van der Waals surface area contributed by atoms with Crippen LogP contribution in [0.1, 0.15) is 23.7 Å². The first-order valence-electron chi connectivity index (χ1n) is 5.99. The van der Waals surface area contributed by atoms with Gasteiger partial charge in [-0.05, 0) is 24.6 Å². The van der Waals surface area contributed by atoms with Crippen LogP contribution in [0, 0.1) is 6.92 Å². The number of nitrogens with zero attached hydrogens (tertiary/aromatic N) is 1. The zero-order valence-corrected chi connectivity index (χ0v) is 12.2. The van der Waals surface area contributed by atoms with Gasteiger partial charge in [-0.2, -0.15) is 0 Å². The molecule has 0 aliphatic carbocycles. The minimum Gasteiger partial charge on any atom is -0.473 e. The SMILES string of the molecule is Cc1ccc2cc3c(nc2c1)O[C@H](CI)C[C@@H]3O. The molecule has 2 aromatic rings. The number of aromatic nitrogens is 1. The van der Waals surface area contributed by atoms with E-state index in [1.165, 1.54) is 5.56 Å². The summed E-state index contributed by atoms with van der Waals surface area (Å²) in [6.45, 7) is 2.05. The van der Waals surface area contributed by atoms with Crippen molar-refractivity contribution in [3.05, 3.63) is 35.4 Å². The third kappa shape index (κ3) is 2.07. The largest absolute Gasteiger partial charge is 0.473 e. The van der Waals surface area contributed by atoms with Crippen molar-refractivity contribution >= 4 is 33.5 Å². The summed E-state index contributed by atoms with van der Waals surface area (Å²) >= 11 is 2.28. The third-order valence-electron chi connectivity index (χ3n) is 3.26. The van der Waals surface area contributed by atoms with E-state index in [1.807, 2.05) is 25.1 Å². The monoisotopic (exact) mass is 355 g/mol. The molecule has 0 spiro atoms. The number of fused-ring (bicyclic) bond motifs is 2. The molecule has 1 N–H and O–H groups in total. The van der Waals surface area contributed by atoms with Crippen LogP contribution in [0.25, 0.3) is 10.9 Å². The normalized spacial score (nSPS) is 22.6. The van der Waals surface area contributed by atoms with Crippen LogP contribution < -0.4 is 4.74 Å². The molecule has 1 aliphatic rings. The minimum absolute atomic E-state index is 0.0582. The van der Waals surface area contributed by atoms with Gasteiger partial charge in [0, 0.05) is 21.8 Å². The van der Waals surface area contributed by atoms with Crippen LogP contribution in [0.5, 0.6) is 5.88 Å². The average Bonchev–Trinajstić information content (AvgIpc) is 2.36. The Morgan fingerprint density at radius 3 is 3.06 bits per heavy atom. The number of ether oxygens (including phenoxy) is 1. The van der Waals surface area contributed by atoms with Gasteiger partial charge in [0.25, 0.3) is 0 Å². The number of aliphatic hydroxyl groups excluding tert-OH is 1. The molecule has 1 aliphatic heterocycles. The molecule has 94 valence electrons. The lowest BCUT2D eigenvalue weighted by Crippen LogP contribution is -2.27. The van der Waals surface area contributed by atoms with Crippen LogP contribution in [0.15, 0.2) is 24.3 Å². The van der Waals surface area contributed by atoms with E-state index in [0.29, 0.717) is 12.3 Å². The van der Waals surface area contributed by atoms with E-state index in [2.05, 4.69) is 33.6 Å². The lowest BCUT2D eigenvalue weighted by atomic mass is 10.00. The molecule has 0 unspecified atom stereocenters. The number of aliphatic hydroxyl groups is 1. The molecule has 1 aromatic carbocycles. The number of halogens is 1. The Morgan fingerprint density at radius 2 is 2.28 bits per heavy atom. The second-order valence-corrected chi connectivity index (χ2v) is 5.61. The molecule has 2 atom stereocenters. The van der Waals surface area contributed by atoms with Crippen LogP contribution in [-0.4, -0.2) is 20.6 Å². The highest BCUT2D eigenvalue weighted by molar-refractivity contribution is 14.1. The Hall–Kier alpha value is -0.880. The van der Waals surface area contributed by atoms with Gasteiger partial charge in [0.05, 0.1) is 11.6 Å². The summed E-state index contributed by atoms with van der Waals surface area (Å²) in [5.41, 5.74) is 2.92. The third-order valence-corrected chi connectivity index (χ3v) is 4.24. The van der Waals surface area contributed by atoms with Gasteiger partial charge >= 0.3 is 0 Å². The Balaban J connectivity index is 2.15. The van der Waals surface area contributed by atoms with Gasteiger partial charge in [-0.25, -0.2) is 4.98 Å². The van der Waals surface area contributed by atoms with Gasteiger partial charge in [0.2, 0.25) is 5.88 Å². The van der Waals surface area contributed by atoms with Crippen molar-refractivity contribution in [3.8, 4) is 5.88 Å². The number of hydrogen-bond donors (Lipinski definition) is 1. The maximum Gasteiger partial charge on any atom is 0.220 e. The fraction of sp³-hybridized carbons (Fsp3) is 0.357. The molecule has 0 amide bonds. The zero-order chi connectivity index (χ0) is 12.7. The van der Waals surface area contributed by atoms with Crippen molar-refractivity contribution in [2.24, 2.45) is 0 Å². The van der Waals surface area contributed by atoms with Gasteiger partial charge in [-0.15, -0.1) is 0 Å². The van der Waals surface area contributed by atoms with Gasteiger partial charge in [0.15, 0.2) is 0 Å². The minimum atomic E-state index is -0.466. The standard InChI is InChI=1S/C14H14INO2/c1-8-2-3-9-5-11-13(17)6-10(7-15)18-14(11)16-12(9)4-8/h2-5,10,13,17H,6-7H2,1H3/t10-,13-/m0/s1. The van der Waals surface area contributed by atoms with Gasteiger partial charge in [0.1, 0.15) is 6.10 Å². The Bertz CT molecular complexity index is 600. The Kier molecular flexibility index (Phi) is 3.15. The van der Waals surface area contributed by atoms with Gasteiger partial charge < -0.3 is 9.84 Å². The average molecular weight is 355 g/mol. The van der Waals surface area contributed by atoms with Crippen molar-refractivity contribution in [1.82, 2.24) is 4.98 Å². The summed E-state index contributed by atoms with van der Waals surface area (Å²) in [6.07, 6.45) is 0.240. The van der Waals surface area contributed by atoms with E-state index in [1.54, 1.807) is 0 Å². The topological polar surface area (TPSA) is 42.4 Å². The van der Waals surface area contributed by atoms with Crippen molar-refractivity contribution in [3.63, 3.8) is 0 Å². The second-order valence-electron chi connectivity index (χ2n) is 4.72. The predicted molar refractivity (Wildman–Crippen MR) is 79.4 cm³/mol. The lowest BCUT2D eigenvalue weighted by molar-refractivity contribution is 0.0747. The predicted octanol–water partition coefficient (Wildman–Crippen LogP) is 3.16. The molecule has 0 radical (unpaired) electrons. The number of benzene rings is 1. The van der Waals surface area contributed by atoms with Crippen LogP contribution >= 0.6 is 22.6 Å². The molecule has 0 saturated carbocycles. The first kappa shape index (κ1) is 12.2. The Labute approximate surface area is 119 Å². The number of hydrogen-bond acceptors (Lipinski definition) is 3. The highest BCUT2D eigenvalue weighted by atomic mass is 127. The summed E-state index contributed by atoms with van der Waals surface area (Å²) < 4.78 is 6.68. The molecule has 2 heterocycles. The van der Waals surface area contributed by atoms with E-state index < -0.39 is 6.10 Å². The molecular weight excluding hydrogens is 341 g/mol. The molecule has 18 heavy (non-hydrogen) atoms. The number of rotatable bonds is 1. The lowest BCUT2D eigenvalue weighted by Gasteiger charge is -2.27. The van der Waals surface area contributed by atoms with E-state index in [0.717, 1.165) is 20.9 Å². The van der Waals surface area contributed by atoms with Crippen molar-refractivity contribution in [1.29, 1.82) is 0 Å². The van der Waals surface area contributed by atoms with Crippen LogP contribution in [0.4, 0.5) is 0 Å². The van der Waals surface area contributed by atoms with Crippen molar-refractivity contribution < 1.29 is 9.84 Å². The van der Waals surface area contributed by atoms with E-state index in [4.69, 9.17) is 4.74 Å². The first-order valence-corrected chi connectivity index (χ1v) is 7.52. The van der Waals surface area contributed by atoms with E-state index >= 15 is 0 Å². The maximum atomic E-state index is 10.2. The molecule has 3 rings (SSSR count). The fourth-order valence-electron chi connectivity index (χ4n) is 2.29. The summed E-state index contributed by atoms with van der Waals surface area (Å²) in [7, 11) is 0. The number of pyridine rings is 1. The van der Waals surface area contributed by atoms with Crippen LogP contribution in [-0.2, 0) is 0 Å². The molecular formula is C14H14INO2. The first-order chi connectivity index (χ1) is 8.67. The molecule has 0 bridgehead atoms. The quantitative estimate of drug-likeness (QED) is 0.631. The van der Waals surface area contributed by atoms with Gasteiger partial charge in [-0.3, -0.25) is 0 Å². The molecule has 3 nitrogen and oxygen atoms in total. The molecule has 0 fully saturated rings. The van der Waals surface area contributed by atoms with E-state index in [-0.39, 0.29) is 6.10 Å². The summed E-state index contributed by atoms with van der Waals surface area (Å²) in [5, 5.41) is 11.2. The Morgan fingerprint density at radius 1 is 1.44 bits per heavy atom. The zero-order valence-electron chi connectivity index (χ0n) is 10.1. The van der Waals surface area contributed by atoms with Crippen LogP contribution in [0.3, 0.4) is 0 Å². The highest BCUT2D eigenvalue weighted by Crippen LogP contribution is 2.35. The fourth-order valence-corrected chi connectivity index (χ4v) is 2.82. The summed E-state index contributed by atoms with van der Waals surface area (Å²) in [4.78, 5) is 4.54. The molecule has 4 heteroatoms. The summed E-state index contributed by atoms with van der Waals surface area (Å²) in [5.74, 6) is 0.591. The maximum absolute atomic E-state index is 10.2. The van der Waals surface area contributed by atoms with Crippen molar-refractivity contribution in [2.45, 2.75) is 25.6 Å². The second kappa shape index (κ2) is 4.66. The molecule has 1 aromatic heterocycles.